The fourth-order valence-corrected chi connectivity index (χ4v) is 4.76. The van der Waals surface area contributed by atoms with Gasteiger partial charge in [-0.2, -0.15) is 0 Å². The van der Waals surface area contributed by atoms with Crippen molar-refractivity contribution in [1.29, 1.82) is 0 Å². The number of rotatable bonds is 5. The molecule has 3 N–H and O–H groups in total. The molecule has 1 aromatic carbocycles. The highest BCUT2D eigenvalue weighted by atomic mass is 32.1. The maximum absolute atomic E-state index is 12.6. The zero-order valence-electron chi connectivity index (χ0n) is 17.7. The molecule has 8 nitrogen and oxygen atoms in total. The molecule has 9 heteroatoms. The van der Waals surface area contributed by atoms with E-state index in [4.69, 9.17) is 15.5 Å². The van der Waals surface area contributed by atoms with Gasteiger partial charge in [-0.05, 0) is 31.4 Å². The topological polar surface area (TPSA) is 107 Å². The average Bonchev–Trinajstić information content (AvgIpc) is 3.45. The van der Waals surface area contributed by atoms with Crippen LogP contribution in [0.4, 0.5) is 10.9 Å². The number of carbonyl (C=O) groups excluding carboxylic acids is 1. The van der Waals surface area contributed by atoms with Crippen LogP contribution in [-0.4, -0.2) is 38.5 Å². The number of hydrogen-bond acceptors (Lipinski definition) is 7. The van der Waals surface area contributed by atoms with Crippen LogP contribution in [0.15, 0.2) is 42.9 Å². The lowest BCUT2D eigenvalue weighted by atomic mass is 9.99. The Morgan fingerprint density at radius 2 is 2.03 bits per heavy atom. The molecule has 5 rings (SSSR count). The Kier molecular flexibility index (Phi) is 5.59. The molecule has 3 aromatic heterocycles. The number of benzene rings is 1. The average molecular weight is 449 g/mol. The summed E-state index contributed by atoms with van der Waals surface area (Å²) in [6.45, 7) is 3.53. The smallest absolute Gasteiger partial charge is 0.257 e. The summed E-state index contributed by atoms with van der Waals surface area (Å²) in [5.41, 5.74) is 9.26. The number of aromatic nitrogens is 4. The zero-order valence-corrected chi connectivity index (χ0v) is 18.6. The Bertz CT molecular complexity index is 1260. The molecule has 32 heavy (non-hydrogen) atoms. The molecule has 4 aromatic rings. The van der Waals surface area contributed by atoms with E-state index in [1.165, 1.54) is 11.3 Å². The van der Waals surface area contributed by atoms with Gasteiger partial charge in [-0.3, -0.25) is 14.5 Å². The van der Waals surface area contributed by atoms with Gasteiger partial charge in [-0.15, -0.1) is 11.3 Å². The van der Waals surface area contributed by atoms with Gasteiger partial charge in [0.05, 0.1) is 0 Å². The third kappa shape index (κ3) is 3.85. The third-order valence-corrected chi connectivity index (χ3v) is 6.80. The van der Waals surface area contributed by atoms with Crippen molar-refractivity contribution in [3.63, 3.8) is 0 Å². The van der Waals surface area contributed by atoms with Crippen molar-refractivity contribution in [3.8, 4) is 11.3 Å². The SMILES string of the molecule is CCc1cnc(NC(=O)c2ccc(-c3nc(C4CCOCC4)n4ccnc(N)c34)cc2)s1. The van der Waals surface area contributed by atoms with Gasteiger partial charge >= 0.3 is 0 Å². The van der Waals surface area contributed by atoms with Crippen molar-refractivity contribution < 1.29 is 9.53 Å². The zero-order chi connectivity index (χ0) is 22.1. The monoisotopic (exact) mass is 448 g/mol. The summed E-state index contributed by atoms with van der Waals surface area (Å²) in [6, 6.07) is 7.39. The summed E-state index contributed by atoms with van der Waals surface area (Å²) in [5, 5.41) is 3.47. The van der Waals surface area contributed by atoms with E-state index in [9.17, 15) is 4.79 Å². The first-order valence-corrected chi connectivity index (χ1v) is 11.5. The molecule has 1 aliphatic heterocycles. The highest BCUT2D eigenvalue weighted by Gasteiger charge is 2.24. The van der Waals surface area contributed by atoms with E-state index >= 15 is 0 Å². The number of anilines is 2. The number of fused-ring (bicyclic) bond motifs is 1. The van der Waals surface area contributed by atoms with Crippen molar-refractivity contribution in [2.45, 2.75) is 32.1 Å². The molecular formula is C23H24N6O2S. The number of thiazole rings is 1. The number of aryl methyl sites for hydroxylation is 1. The Labute approximate surface area is 189 Å². The number of ether oxygens (including phenoxy) is 1. The minimum Gasteiger partial charge on any atom is -0.382 e. The van der Waals surface area contributed by atoms with Crippen molar-refractivity contribution in [2.24, 2.45) is 0 Å². The molecule has 0 radical (unpaired) electrons. The first-order valence-electron chi connectivity index (χ1n) is 10.7. The minimum atomic E-state index is -0.188. The third-order valence-electron chi connectivity index (χ3n) is 5.74. The number of carbonyl (C=O) groups is 1. The second-order valence-electron chi connectivity index (χ2n) is 7.75. The molecule has 0 bridgehead atoms. The van der Waals surface area contributed by atoms with Gasteiger partial charge in [0.2, 0.25) is 0 Å². The number of hydrogen-bond donors (Lipinski definition) is 2. The van der Waals surface area contributed by atoms with Gasteiger partial charge < -0.3 is 10.5 Å². The van der Waals surface area contributed by atoms with Crippen LogP contribution in [0.2, 0.25) is 0 Å². The van der Waals surface area contributed by atoms with E-state index in [0.717, 1.165) is 60.0 Å². The lowest BCUT2D eigenvalue weighted by Crippen LogP contribution is -2.16. The van der Waals surface area contributed by atoms with Gasteiger partial charge in [0.25, 0.3) is 5.91 Å². The number of nitrogens with zero attached hydrogens (tertiary/aromatic N) is 4. The van der Waals surface area contributed by atoms with E-state index in [-0.39, 0.29) is 5.91 Å². The molecule has 0 unspecified atom stereocenters. The summed E-state index contributed by atoms with van der Waals surface area (Å²) >= 11 is 1.49. The van der Waals surface area contributed by atoms with Crippen LogP contribution in [0.5, 0.6) is 0 Å². The van der Waals surface area contributed by atoms with Gasteiger partial charge in [0.1, 0.15) is 22.9 Å². The van der Waals surface area contributed by atoms with E-state index in [1.54, 1.807) is 24.5 Å². The van der Waals surface area contributed by atoms with Crippen molar-refractivity contribution >= 4 is 33.7 Å². The maximum Gasteiger partial charge on any atom is 0.257 e. The van der Waals surface area contributed by atoms with Crippen LogP contribution < -0.4 is 11.1 Å². The second-order valence-corrected chi connectivity index (χ2v) is 8.87. The summed E-state index contributed by atoms with van der Waals surface area (Å²) in [7, 11) is 0. The van der Waals surface area contributed by atoms with E-state index < -0.39 is 0 Å². The van der Waals surface area contributed by atoms with Crippen LogP contribution in [0.1, 0.15) is 46.7 Å². The van der Waals surface area contributed by atoms with E-state index in [1.807, 2.05) is 22.7 Å². The van der Waals surface area contributed by atoms with Crippen molar-refractivity contribution in [1.82, 2.24) is 19.4 Å². The predicted octanol–water partition coefficient (Wildman–Crippen LogP) is 4.14. The van der Waals surface area contributed by atoms with E-state index in [2.05, 4.69) is 22.2 Å². The van der Waals surface area contributed by atoms with Crippen LogP contribution in [0.3, 0.4) is 0 Å². The van der Waals surface area contributed by atoms with Crippen LogP contribution >= 0.6 is 11.3 Å². The first-order chi connectivity index (χ1) is 15.6. The molecule has 0 spiro atoms. The second kappa shape index (κ2) is 8.68. The minimum absolute atomic E-state index is 0.188. The summed E-state index contributed by atoms with van der Waals surface area (Å²) in [5.74, 6) is 1.53. The molecule has 1 fully saturated rings. The molecule has 0 aliphatic carbocycles. The summed E-state index contributed by atoms with van der Waals surface area (Å²) in [4.78, 5) is 27.3. The number of nitrogens with two attached hydrogens (primary N) is 1. The fourth-order valence-electron chi connectivity index (χ4n) is 4.01. The van der Waals surface area contributed by atoms with Gasteiger partial charge in [0.15, 0.2) is 5.13 Å². The molecule has 0 saturated carbocycles. The van der Waals surface area contributed by atoms with Gasteiger partial charge in [-0.25, -0.2) is 15.0 Å². The highest BCUT2D eigenvalue weighted by molar-refractivity contribution is 7.15. The van der Waals surface area contributed by atoms with Crippen LogP contribution in [-0.2, 0) is 11.2 Å². The number of imidazole rings is 1. The Morgan fingerprint density at radius 1 is 1.25 bits per heavy atom. The van der Waals surface area contributed by atoms with Gasteiger partial charge in [0, 0.05) is 53.7 Å². The van der Waals surface area contributed by atoms with E-state index in [0.29, 0.717) is 22.4 Å². The molecule has 1 saturated heterocycles. The normalized spacial score (nSPS) is 14.7. The largest absolute Gasteiger partial charge is 0.382 e. The summed E-state index contributed by atoms with van der Waals surface area (Å²) < 4.78 is 7.56. The molecule has 0 atom stereocenters. The fraction of sp³-hybridized carbons (Fsp3) is 0.304. The quantitative estimate of drug-likeness (QED) is 0.475. The number of nitrogen functional groups attached to an aromatic ring is 1. The molecule has 4 heterocycles. The Morgan fingerprint density at radius 3 is 2.75 bits per heavy atom. The van der Waals surface area contributed by atoms with Crippen molar-refractivity contribution in [2.75, 3.05) is 24.3 Å². The Hall–Kier alpha value is -3.30. The molecule has 1 aliphatic rings. The highest BCUT2D eigenvalue weighted by Crippen LogP contribution is 2.34. The van der Waals surface area contributed by atoms with Crippen LogP contribution in [0.25, 0.3) is 16.8 Å². The van der Waals surface area contributed by atoms with Gasteiger partial charge in [-0.1, -0.05) is 19.1 Å². The van der Waals surface area contributed by atoms with Crippen molar-refractivity contribution in [3.05, 3.63) is 59.1 Å². The number of nitrogens with one attached hydrogen (secondary N) is 1. The predicted molar refractivity (Wildman–Crippen MR) is 125 cm³/mol. The first kappa shape index (κ1) is 20.6. The molecule has 1 amide bonds. The molecular weight excluding hydrogens is 424 g/mol. The maximum atomic E-state index is 12.6. The lowest BCUT2D eigenvalue weighted by molar-refractivity contribution is 0.0835. The lowest BCUT2D eigenvalue weighted by Gasteiger charge is -2.20. The molecule has 164 valence electrons. The Balaban J connectivity index is 1.45. The number of amides is 1. The summed E-state index contributed by atoms with van der Waals surface area (Å²) in [6.07, 6.45) is 8.16. The standard InChI is InChI=1S/C23H24N6O2S/c1-2-17-13-26-23(32-17)28-22(30)16-5-3-14(4-6-16)18-19-20(24)25-9-10-29(19)21(27-18)15-7-11-31-12-8-15/h3-6,9-10,13,15H,2,7-8,11-12H2,1H3,(H2,24,25)(H,26,28,30). The van der Waals surface area contributed by atoms with Crippen LogP contribution in [0, 0.1) is 0 Å².